The van der Waals surface area contributed by atoms with Gasteiger partial charge >= 0.3 is 0 Å². The van der Waals surface area contributed by atoms with Gasteiger partial charge in [0.15, 0.2) is 5.79 Å². The molecule has 1 saturated heterocycles. The molecule has 2 aliphatic rings. The summed E-state index contributed by atoms with van der Waals surface area (Å²) in [5, 5.41) is 0. The summed E-state index contributed by atoms with van der Waals surface area (Å²) >= 11 is 3.54. The smallest absolute Gasteiger partial charge is 0.164 e. The van der Waals surface area contributed by atoms with Gasteiger partial charge in [-0.3, -0.25) is 0 Å². The highest BCUT2D eigenvalue weighted by Crippen LogP contribution is 2.46. The SMILES string of the molecule is CC1(C)O[C@@H]2C(Br)=CCC[C@]2(C)O1. The quantitative estimate of drug-likeness (QED) is 0.655. The molecule has 0 N–H and O–H groups in total. The Morgan fingerprint density at radius 3 is 2.77 bits per heavy atom. The Kier molecular flexibility index (Phi) is 2.10. The van der Waals surface area contributed by atoms with Crippen LogP contribution in [0.2, 0.25) is 0 Å². The highest BCUT2D eigenvalue weighted by atomic mass is 79.9. The van der Waals surface area contributed by atoms with Crippen LogP contribution in [0.15, 0.2) is 10.6 Å². The Morgan fingerprint density at radius 1 is 1.46 bits per heavy atom. The molecule has 13 heavy (non-hydrogen) atoms. The fourth-order valence-corrected chi connectivity index (χ4v) is 2.99. The highest BCUT2D eigenvalue weighted by Gasteiger charge is 2.51. The lowest BCUT2D eigenvalue weighted by molar-refractivity contribution is -0.159. The van der Waals surface area contributed by atoms with E-state index in [0.717, 1.165) is 17.3 Å². The first-order valence-corrected chi connectivity index (χ1v) is 5.46. The minimum atomic E-state index is -0.448. The average Bonchev–Trinajstić information content (AvgIpc) is 2.20. The normalized spacial score (nSPS) is 42.8. The van der Waals surface area contributed by atoms with E-state index in [1.165, 1.54) is 0 Å². The monoisotopic (exact) mass is 246 g/mol. The fraction of sp³-hybridized carbons (Fsp3) is 0.800. The van der Waals surface area contributed by atoms with E-state index in [1.54, 1.807) is 0 Å². The molecule has 0 unspecified atom stereocenters. The Hall–Kier alpha value is 0.140. The molecule has 0 radical (unpaired) electrons. The van der Waals surface area contributed by atoms with Crippen LogP contribution in [0.25, 0.3) is 0 Å². The Morgan fingerprint density at radius 2 is 2.15 bits per heavy atom. The molecule has 2 nitrogen and oxygen atoms in total. The third-order valence-corrected chi connectivity index (χ3v) is 3.41. The van der Waals surface area contributed by atoms with Crippen molar-refractivity contribution in [1.29, 1.82) is 0 Å². The molecule has 2 rings (SSSR count). The van der Waals surface area contributed by atoms with Crippen LogP contribution in [0.5, 0.6) is 0 Å². The first kappa shape index (κ1) is 9.69. The standard InChI is InChI=1S/C10H15BrO2/c1-9(2)12-8-7(11)5-4-6-10(8,3)13-9/h5,8H,4,6H2,1-3H3/t8-,10+/m1/s1. The molecular weight excluding hydrogens is 232 g/mol. The molecule has 0 saturated carbocycles. The van der Waals surface area contributed by atoms with Gasteiger partial charge in [0.2, 0.25) is 0 Å². The summed E-state index contributed by atoms with van der Waals surface area (Å²) in [6.45, 7) is 6.06. The van der Waals surface area contributed by atoms with E-state index >= 15 is 0 Å². The van der Waals surface area contributed by atoms with Crippen LogP contribution in [-0.4, -0.2) is 17.5 Å². The fourth-order valence-electron chi connectivity index (χ4n) is 2.18. The predicted octanol–water partition coefficient (Wildman–Crippen LogP) is 2.97. The van der Waals surface area contributed by atoms with Gasteiger partial charge in [0.25, 0.3) is 0 Å². The van der Waals surface area contributed by atoms with E-state index in [4.69, 9.17) is 9.47 Å². The third-order valence-electron chi connectivity index (χ3n) is 2.67. The minimum Gasteiger partial charge on any atom is -0.341 e. The van der Waals surface area contributed by atoms with Gasteiger partial charge in [0, 0.05) is 4.48 Å². The van der Waals surface area contributed by atoms with Crippen LogP contribution < -0.4 is 0 Å². The number of halogens is 1. The van der Waals surface area contributed by atoms with Gasteiger partial charge in [0.1, 0.15) is 6.10 Å². The van der Waals surface area contributed by atoms with Crippen molar-refractivity contribution in [3.63, 3.8) is 0 Å². The van der Waals surface area contributed by atoms with Crippen LogP contribution in [0.4, 0.5) is 0 Å². The summed E-state index contributed by atoms with van der Waals surface area (Å²) < 4.78 is 12.9. The number of allylic oxidation sites excluding steroid dienone is 1. The van der Waals surface area contributed by atoms with Crippen molar-refractivity contribution in [2.24, 2.45) is 0 Å². The molecule has 74 valence electrons. The summed E-state index contributed by atoms with van der Waals surface area (Å²) in [7, 11) is 0. The summed E-state index contributed by atoms with van der Waals surface area (Å²) in [6.07, 6.45) is 4.36. The molecule has 0 spiro atoms. The average molecular weight is 247 g/mol. The van der Waals surface area contributed by atoms with Gasteiger partial charge in [-0.2, -0.15) is 0 Å². The maximum atomic E-state index is 5.92. The zero-order valence-electron chi connectivity index (χ0n) is 8.26. The lowest BCUT2D eigenvalue weighted by Crippen LogP contribution is -2.38. The second-order valence-corrected chi connectivity index (χ2v) is 5.36. The van der Waals surface area contributed by atoms with Crippen molar-refractivity contribution in [2.75, 3.05) is 0 Å². The first-order valence-electron chi connectivity index (χ1n) is 4.66. The number of ether oxygens (including phenoxy) is 2. The number of fused-ring (bicyclic) bond motifs is 1. The Balaban J connectivity index is 2.30. The van der Waals surface area contributed by atoms with Crippen LogP contribution in [0.1, 0.15) is 33.6 Å². The molecule has 2 atom stereocenters. The maximum Gasteiger partial charge on any atom is 0.164 e. The molecule has 1 heterocycles. The largest absolute Gasteiger partial charge is 0.341 e. The van der Waals surface area contributed by atoms with E-state index in [-0.39, 0.29) is 11.7 Å². The molecule has 0 aromatic heterocycles. The van der Waals surface area contributed by atoms with Crippen molar-refractivity contribution in [3.05, 3.63) is 10.6 Å². The molecule has 0 aromatic carbocycles. The highest BCUT2D eigenvalue weighted by molar-refractivity contribution is 9.11. The molecule has 1 aliphatic carbocycles. The van der Waals surface area contributed by atoms with Crippen LogP contribution in [0.3, 0.4) is 0 Å². The number of hydrogen-bond acceptors (Lipinski definition) is 2. The van der Waals surface area contributed by atoms with Crippen molar-refractivity contribution in [1.82, 2.24) is 0 Å². The maximum absolute atomic E-state index is 5.92. The molecular formula is C10H15BrO2. The topological polar surface area (TPSA) is 18.5 Å². The van der Waals surface area contributed by atoms with Crippen molar-refractivity contribution >= 4 is 15.9 Å². The van der Waals surface area contributed by atoms with Gasteiger partial charge < -0.3 is 9.47 Å². The molecule has 1 aliphatic heterocycles. The summed E-state index contributed by atoms with van der Waals surface area (Å²) in [4.78, 5) is 0. The van der Waals surface area contributed by atoms with Gasteiger partial charge in [-0.25, -0.2) is 0 Å². The molecule has 0 bridgehead atoms. The van der Waals surface area contributed by atoms with Crippen molar-refractivity contribution in [3.8, 4) is 0 Å². The second-order valence-electron chi connectivity index (χ2n) is 4.44. The van der Waals surface area contributed by atoms with E-state index in [2.05, 4.69) is 28.9 Å². The minimum absolute atomic E-state index is 0.0799. The lowest BCUT2D eigenvalue weighted by atomic mass is 9.89. The number of hydrogen-bond donors (Lipinski definition) is 0. The Labute approximate surface area is 87.4 Å². The second kappa shape index (κ2) is 2.81. The molecule has 0 amide bonds. The molecule has 0 aromatic rings. The summed E-state index contributed by atoms with van der Waals surface area (Å²) in [6, 6.07) is 0. The van der Waals surface area contributed by atoms with Gasteiger partial charge in [-0.05, 0) is 33.6 Å². The number of rotatable bonds is 0. The zero-order valence-corrected chi connectivity index (χ0v) is 9.85. The third kappa shape index (κ3) is 1.58. The summed E-state index contributed by atoms with van der Waals surface area (Å²) in [5.74, 6) is -0.448. The molecule has 3 heteroatoms. The van der Waals surface area contributed by atoms with Crippen LogP contribution >= 0.6 is 15.9 Å². The zero-order chi connectivity index (χ0) is 9.69. The van der Waals surface area contributed by atoms with Crippen molar-refractivity contribution < 1.29 is 9.47 Å². The lowest BCUT2D eigenvalue weighted by Gasteiger charge is -2.31. The first-order chi connectivity index (χ1) is 5.93. The Bertz CT molecular complexity index is 260. The van der Waals surface area contributed by atoms with E-state index in [9.17, 15) is 0 Å². The van der Waals surface area contributed by atoms with Crippen molar-refractivity contribution in [2.45, 2.75) is 51.1 Å². The van der Waals surface area contributed by atoms with Crippen LogP contribution in [0, 0.1) is 0 Å². The van der Waals surface area contributed by atoms with E-state index < -0.39 is 5.79 Å². The van der Waals surface area contributed by atoms with E-state index in [0.29, 0.717) is 0 Å². The predicted molar refractivity (Wildman–Crippen MR) is 54.7 cm³/mol. The van der Waals surface area contributed by atoms with E-state index in [1.807, 2.05) is 13.8 Å². The van der Waals surface area contributed by atoms with Crippen LogP contribution in [-0.2, 0) is 9.47 Å². The van der Waals surface area contributed by atoms with Gasteiger partial charge in [-0.15, -0.1) is 0 Å². The van der Waals surface area contributed by atoms with Gasteiger partial charge in [-0.1, -0.05) is 22.0 Å². The van der Waals surface area contributed by atoms with Gasteiger partial charge in [0.05, 0.1) is 5.60 Å². The summed E-state index contributed by atoms with van der Waals surface area (Å²) in [5.41, 5.74) is -0.142. The molecule has 1 fully saturated rings.